The number of nitrogens with one attached hydrogen (secondary N) is 1. The fourth-order valence-corrected chi connectivity index (χ4v) is 0.195. The lowest BCUT2D eigenvalue weighted by molar-refractivity contribution is -0.129. The molecule has 46 valence electrons. The third kappa shape index (κ3) is 1.70. The van der Waals surface area contributed by atoms with Crippen LogP contribution in [0.25, 0.3) is 0 Å². The molecule has 0 aromatic rings. The highest BCUT2D eigenvalue weighted by molar-refractivity contribution is 6.36. The molecule has 4 N–H and O–H groups in total. The molecule has 1 atom stereocenters. The van der Waals surface area contributed by atoms with E-state index < -0.39 is 17.7 Å². The summed E-state index contributed by atoms with van der Waals surface area (Å²) in [5.41, 5.74) is 4.58. The summed E-state index contributed by atoms with van der Waals surface area (Å²) in [5.74, 6) is -1.25. The van der Waals surface area contributed by atoms with E-state index in [1.54, 1.807) is 0 Å². The van der Waals surface area contributed by atoms with Gasteiger partial charge in [0.05, 0.1) is 6.04 Å². The summed E-state index contributed by atoms with van der Waals surface area (Å²) in [7, 11) is 0. The van der Waals surface area contributed by atoms with Gasteiger partial charge in [-0.05, 0) is 6.92 Å². The standard InChI is InChI=1S/C4H8N2O2/c1-2(5)3(6)4(7)8/h2,6H,5H2,1H3,(H,7,8). The number of carboxylic acids is 1. The third-order valence-electron chi connectivity index (χ3n) is 0.686. The molecule has 0 saturated heterocycles. The van der Waals surface area contributed by atoms with Crippen molar-refractivity contribution >= 4 is 11.7 Å². The first-order valence-corrected chi connectivity index (χ1v) is 2.13. The zero-order valence-electron chi connectivity index (χ0n) is 4.51. The highest BCUT2D eigenvalue weighted by Gasteiger charge is 2.09. The topological polar surface area (TPSA) is 87.2 Å². The molecule has 0 bridgehead atoms. The molecule has 0 aromatic carbocycles. The number of carbonyl (C=O) groups is 1. The van der Waals surface area contributed by atoms with Crippen molar-refractivity contribution in [2.24, 2.45) is 5.73 Å². The third-order valence-corrected chi connectivity index (χ3v) is 0.686. The highest BCUT2D eigenvalue weighted by Crippen LogP contribution is 1.78. The SMILES string of the molecule is CC(N)C(=N)C(=O)O. The van der Waals surface area contributed by atoms with E-state index in [1.807, 2.05) is 0 Å². The smallest absolute Gasteiger partial charge is 0.351 e. The van der Waals surface area contributed by atoms with Crippen molar-refractivity contribution in [3.63, 3.8) is 0 Å². The quantitative estimate of drug-likeness (QED) is 0.422. The molecular weight excluding hydrogens is 108 g/mol. The van der Waals surface area contributed by atoms with E-state index in [0.29, 0.717) is 0 Å². The molecule has 0 aliphatic heterocycles. The largest absolute Gasteiger partial charge is 0.477 e. The number of hydrogen-bond acceptors (Lipinski definition) is 3. The van der Waals surface area contributed by atoms with Crippen LogP contribution in [0.5, 0.6) is 0 Å². The van der Waals surface area contributed by atoms with E-state index in [4.69, 9.17) is 16.2 Å². The Balaban J connectivity index is 3.84. The summed E-state index contributed by atoms with van der Waals surface area (Å²) in [4.78, 5) is 9.84. The summed E-state index contributed by atoms with van der Waals surface area (Å²) in [6, 6.07) is -0.674. The highest BCUT2D eigenvalue weighted by atomic mass is 16.4. The van der Waals surface area contributed by atoms with E-state index in [9.17, 15) is 4.79 Å². The van der Waals surface area contributed by atoms with E-state index in [2.05, 4.69) is 0 Å². The monoisotopic (exact) mass is 116 g/mol. The van der Waals surface area contributed by atoms with Gasteiger partial charge < -0.3 is 10.8 Å². The minimum absolute atomic E-state index is 0.454. The van der Waals surface area contributed by atoms with Crippen molar-refractivity contribution in [1.82, 2.24) is 0 Å². The Kier molecular flexibility index (Phi) is 2.15. The van der Waals surface area contributed by atoms with Gasteiger partial charge in [0.25, 0.3) is 0 Å². The molecule has 8 heavy (non-hydrogen) atoms. The van der Waals surface area contributed by atoms with Crippen molar-refractivity contribution in [2.75, 3.05) is 0 Å². The van der Waals surface area contributed by atoms with Crippen LogP contribution >= 0.6 is 0 Å². The Morgan fingerprint density at radius 3 is 2.25 bits per heavy atom. The molecule has 0 saturated carbocycles. The Morgan fingerprint density at radius 2 is 2.25 bits per heavy atom. The fraction of sp³-hybridized carbons (Fsp3) is 0.500. The minimum atomic E-state index is -1.25. The van der Waals surface area contributed by atoms with Gasteiger partial charge in [-0.25, -0.2) is 4.79 Å². The van der Waals surface area contributed by atoms with Gasteiger partial charge in [-0.15, -0.1) is 0 Å². The van der Waals surface area contributed by atoms with Crippen LogP contribution in [-0.2, 0) is 4.79 Å². The molecule has 0 radical (unpaired) electrons. The Hall–Kier alpha value is -0.900. The van der Waals surface area contributed by atoms with Gasteiger partial charge >= 0.3 is 5.97 Å². The maximum Gasteiger partial charge on any atom is 0.351 e. The van der Waals surface area contributed by atoms with Crippen LogP contribution in [-0.4, -0.2) is 22.8 Å². The normalized spacial score (nSPS) is 12.8. The summed E-state index contributed by atoms with van der Waals surface area (Å²) >= 11 is 0. The minimum Gasteiger partial charge on any atom is -0.477 e. The fourth-order valence-electron chi connectivity index (χ4n) is 0.195. The summed E-state index contributed by atoms with van der Waals surface area (Å²) in [6.07, 6.45) is 0. The van der Waals surface area contributed by atoms with E-state index in [1.165, 1.54) is 6.92 Å². The summed E-state index contributed by atoms with van der Waals surface area (Å²) in [5, 5.41) is 14.7. The van der Waals surface area contributed by atoms with E-state index >= 15 is 0 Å². The van der Waals surface area contributed by atoms with Crippen molar-refractivity contribution < 1.29 is 9.90 Å². The molecule has 0 rings (SSSR count). The number of nitrogens with two attached hydrogens (primary N) is 1. The molecule has 0 fully saturated rings. The van der Waals surface area contributed by atoms with Crippen LogP contribution in [0.4, 0.5) is 0 Å². The molecule has 0 aliphatic rings. The van der Waals surface area contributed by atoms with Crippen molar-refractivity contribution in [3.05, 3.63) is 0 Å². The first-order valence-electron chi connectivity index (χ1n) is 2.13. The molecular formula is C4H8N2O2. The second-order valence-electron chi connectivity index (χ2n) is 1.51. The van der Waals surface area contributed by atoms with Gasteiger partial charge in [-0.3, -0.25) is 5.41 Å². The van der Waals surface area contributed by atoms with Gasteiger partial charge in [0.1, 0.15) is 5.71 Å². The van der Waals surface area contributed by atoms with Gasteiger partial charge in [-0.1, -0.05) is 0 Å². The van der Waals surface area contributed by atoms with Crippen LogP contribution in [0.1, 0.15) is 6.92 Å². The van der Waals surface area contributed by atoms with Crippen molar-refractivity contribution in [1.29, 1.82) is 5.41 Å². The number of carboxylic acid groups (broad SMARTS) is 1. The van der Waals surface area contributed by atoms with Crippen molar-refractivity contribution in [2.45, 2.75) is 13.0 Å². The summed E-state index contributed by atoms with van der Waals surface area (Å²) in [6.45, 7) is 1.45. The van der Waals surface area contributed by atoms with Crippen LogP contribution in [0.3, 0.4) is 0 Å². The first-order chi connectivity index (χ1) is 3.55. The predicted octanol–water partition coefficient (Wildman–Crippen LogP) is -0.562. The van der Waals surface area contributed by atoms with Crippen LogP contribution in [0.2, 0.25) is 0 Å². The molecule has 1 unspecified atom stereocenters. The summed E-state index contributed by atoms with van der Waals surface area (Å²) < 4.78 is 0. The number of hydrogen-bond donors (Lipinski definition) is 3. The molecule has 0 heterocycles. The van der Waals surface area contributed by atoms with Crippen molar-refractivity contribution in [3.8, 4) is 0 Å². The zero-order chi connectivity index (χ0) is 6.73. The van der Waals surface area contributed by atoms with E-state index in [-0.39, 0.29) is 0 Å². The Labute approximate surface area is 46.8 Å². The Bertz CT molecular complexity index is 119. The van der Waals surface area contributed by atoms with E-state index in [0.717, 1.165) is 0 Å². The zero-order valence-corrected chi connectivity index (χ0v) is 4.51. The van der Waals surface area contributed by atoms with Gasteiger partial charge in [0.15, 0.2) is 0 Å². The second kappa shape index (κ2) is 2.42. The van der Waals surface area contributed by atoms with Crippen LogP contribution in [0, 0.1) is 5.41 Å². The van der Waals surface area contributed by atoms with Gasteiger partial charge in [0, 0.05) is 0 Å². The molecule has 4 nitrogen and oxygen atoms in total. The predicted molar refractivity (Wildman–Crippen MR) is 29.0 cm³/mol. The lowest BCUT2D eigenvalue weighted by Crippen LogP contribution is -2.32. The lowest BCUT2D eigenvalue weighted by atomic mass is 10.2. The number of rotatable bonds is 2. The average molecular weight is 116 g/mol. The number of aliphatic carboxylic acids is 1. The molecule has 0 spiro atoms. The lowest BCUT2D eigenvalue weighted by Gasteiger charge is -1.98. The molecule has 0 aromatic heterocycles. The van der Waals surface area contributed by atoms with Crippen LogP contribution in [0.15, 0.2) is 0 Å². The maximum atomic E-state index is 9.84. The second-order valence-corrected chi connectivity index (χ2v) is 1.51. The van der Waals surface area contributed by atoms with Crippen LogP contribution < -0.4 is 5.73 Å². The van der Waals surface area contributed by atoms with Gasteiger partial charge in [0.2, 0.25) is 0 Å². The maximum absolute atomic E-state index is 9.84. The molecule has 0 aliphatic carbocycles. The first kappa shape index (κ1) is 7.10. The molecule has 0 amide bonds. The Morgan fingerprint density at radius 1 is 1.88 bits per heavy atom. The average Bonchev–Trinajstić information content (AvgIpc) is 1.64. The van der Waals surface area contributed by atoms with Gasteiger partial charge in [-0.2, -0.15) is 0 Å². The molecule has 4 heteroatoms.